The van der Waals surface area contributed by atoms with Crippen molar-refractivity contribution < 1.29 is 4.74 Å². The molecule has 1 aliphatic rings. The molecular formula is C17H19N5O2S. The Morgan fingerprint density at radius 2 is 1.88 bits per heavy atom. The first kappa shape index (κ1) is 15.9. The lowest BCUT2D eigenvalue weighted by Crippen LogP contribution is -2.46. The third-order valence-corrected chi connectivity index (χ3v) is 5.55. The fourth-order valence-corrected chi connectivity index (χ4v) is 3.94. The third kappa shape index (κ3) is 3.05. The van der Waals surface area contributed by atoms with Gasteiger partial charge in [0, 0.05) is 45.4 Å². The molecule has 0 radical (unpaired) electrons. The van der Waals surface area contributed by atoms with E-state index in [0.29, 0.717) is 0 Å². The van der Waals surface area contributed by atoms with Gasteiger partial charge in [-0.25, -0.2) is 9.67 Å². The van der Waals surface area contributed by atoms with E-state index in [4.69, 9.17) is 9.72 Å². The minimum absolute atomic E-state index is 0.0833. The summed E-state index contributed by atoms with van der Waals surface area (Å²) >= 11 is 1.70. The molecule has 25 heavy (non-hydrogen) atoms. The summed E-state index contributed by atoms with van der Waals surface area (Å²) in [6, 6.07) is 7.63. The van der Waals surface area contributed by atoms with Crippen molar-refractivity contribution in [1.82, 2.24) is 14.8 Å². The largest absolute Gasteiger partial charge is 0.497 e. The number of methoxy groups -OCH3 is 1. The molecular weight excluding hydrogens is 338 g/mol. The van der Waals surface area contributed by atoms with Crippen molar-refractivity contribution >= 4 is 32.4 Å². The smallest absolute Gasteiger partial charge is 0.268 e. The van der Waals surface area contributed by atoms with Crippen LogP contribution in [-0.2, 0) is 7.05 Å². The maximum Gasteiger partial charge on any atom is 0.268 e. The zero-order valence-corrected chi connectivity index (χ0v) is 15.0. The molecule has 0 aliphatic carbocycles. The molecule has 1 aliphatic heterocycles. The van der Waals surface area contributed by atoms with Gasteiger partial charge in [0.05, 0.1) is 29.2 Å². The molecule has 0 spiro atoms. The number of benzene rings is 1. The number of aryl methyl sites for hydroxylation is 1. The molecule has 7 nitrogen and oxygen atoms in total. The SMILES string of the molecule is COc1ccc2sc(N3CCN(c4cnn(C)c(=O)c4)CC3)nc2c1. The summed E-state index contributed by atoms with van der Waals surface area (Å²) in [6.45, 7) is 3.42. The first-order valence-corrected chi connectivity index (χ1v) is 8.93. The number of aromatic nitrogens is 3. The summed E-state index contributed by atoms with van der Waals surface area (Å²) in [5, 5.41) is 5.14. The van der Waals surface area contributed by atoms with E-state index in [2.05, 4.69) is 21.0 Å². The summed E-state index contributed by atoms with van der Waals surface area (Å²) < 4.78 is 7.77. The standard InChI is InChI=1S/C17H19N5O2S/c1-20-16(23)9-12(11-18-20)21-5-7-22(8-6-21)17-19-14-10-13(24-2)3-4-15(14)25-17/h3-4,9-11H,5-8H2,1-2H3. The van der Waals surface area contributed by atoms with Gasteiger partial charge in [-0.15, -0.1) is 0 Å². The van der Waals surface area contributed by atoms with Crippen LogP contribution in [0.2, 0.25) is 0 Å². The van der Waals surface area contributed by atoms with Gasteiger partial charge in [0.1, 0.15) is 5.75 Å². The van der Waals surface area contributed by atoms with E-state index in [9.17, 15) is 4.79 Å². The van der Waals surface area contributed by atoms with Gasteiger partial charge < -0.3 is 14.5 Å². The molecule has 1 saturated heterocycles. The van der Waals surface area contributed by atoms with E-state index >= 15 is 0 Å². The average molecular weight is 357 g/mol. The number of hydrogen-bond donors (Lipinski definition) is 0. The van der Waals surface area contributed by atoms with E-state index in [1.54, 1.807) is 37.8 Å². The van der Waals surface area contributed by atoms with Crippen LogP contribution in [0.15, 0.2) is 35.3 Å². The van der Waals surface area contributed by atoms with Crippen molar-refractivity contribution in [2.45, 2.75) is 0 Å². The van der Waals surface area contributed by atoms with Crippen LogP contribution in [0.25, 0.3) is 10.2 Å². The Morgan fingerprint density at radius 3 is 2.60 bits per heavy atom. The maximum atomic E-state index is 11.8. The molecule has 0 saturated carbocycles. The topological polar surface area (TPSA) is 63.5 Å². The fraction of sp³-hybridized carbons (Fsp3) is 0.353. The van der Waals surface area contributed by atoms with Gasteiger partial charge >= 0.3 is 0 Å². The number of rotatable bonds is 3. The van der Waals surface area contributed by atoms with E-state index in [1.165, 1.54) is 4.68 Å². The molecule has 0 N–H and O–H groups in total. The normalized spacial score (nSPS) is 15.0. The minimum atomic E-state index is -0.0833. The van der Waals surface area contributed by atoms with E-state index < -0.39 is 0 Å². The average Bonchev–Trinajstić information content (AvgIpc) is 3.07. The molecule has 4 rings (SSSR count). The number of hydrogen-bond acceptors (Lipinski definition) is 7. The number of ether oxygens (including phenoxy) is 1. The van der Waals surface area contributed by atoms with E-state index in [1.807, 2.05) is 12.1 Å². The summed E-state index contributed by atoms with van der Waals surface area (Å²) in [7, 11) is 3.32. The van der Waals surface area contributed by atoms with Gasteiger partial charge in [-0.05, 0) is 12.1 Å². The van der Waals surface area contributed by atoms with Crippen LogP contribution < -0.4 is 20.1 Å². The Morgan fingerprint density at radius 1 is 1.12 bits per heavy atom. The van der Waals surface area contributed by atoms with Crippen LogP contribution in [0.3, 0.4) is 0 Å². The molecule has 0 amide bonds. The van der Waals surface area contributed by atoms with Crippen LogP contribution in [0.5, 0.6) is 5.75 Å². The summed E-state index contributed by atoms with van der Waals surface area (Å²) in [5.41, 5.74) is 1.77. The molecule has 1 aromatic carbocycles. The zero-order valence-electron chi connectivity index (χ0n) is 14.2. The van der Waals surface area contributed by atoms with Crippen molar-refractivity contribution in [3.05, 3.63) is 40.8 Å². The molecule has 0 unspecified atom stereocenters. The third-order valence-electron chi connectivity index (χ3n) is 4.45. The minimum Gasteiger partial charge on any atom is -0.497 e. The highest BCUT2D eigenvalue weighted by atomic mass is 32.1. The molecule has 3 heterocycles. The zero-order chi connectivity index (χ0) is 17.4. The molecule has 8 heteroatoms. The Balaban J connectivity index is 1.49. The van der Waals surface area contributed by atoms with Crippen LogP contribution >= 0.6 is 11.3 Å². The molecule has 1 fully saturated rings. The Bertz CT molecular complexity index is 959. The highest BCUT2D eigenvalue weighted by molar-refractivity contribution is 7.22. The van der Waals surface area contributed by atoms with Gasteiger partial charge in [-0.3, -0.25) is 4.79 Å². The van der Waals surface area contributed by atoms with Crippen LogP contribution in [0.1, 0.15) is 0 Å². The highest BCUT2D eigenvalue weighted by Crippen LogP contribution is 2.31. The Labute approximate surface area is 149 Å². The number of thiazole rings is 1. The first-order valence-electron chi connectivity index (χ1n) is 8.12. The van der Waals surface area contributed by atoms with Gasteiger partial charge in [0.2, 0.25) is 0 Å². The number of fused-ring (bicyclic) bond motifs is 1. The van der Waals surface area contributed by atoms with Gasteiger partial charge in [0.25, 0.3) is 5.56 Å². The Hall–Kier alpha value is -2.61. The second-order valence-corrected chi connectivity index (χ2v) is 6.99. The molecule has 2 aromatic heterocycles. The fourth-order valence-electron chi connectivity index (χ4n) is 2.95. The lowest BCUT2D eigenvalue weighted by molar-refractivity contribution is 0.415. The van der Waals surface area contributed by atoms with Crippen LogP contribution in [0.4, 0.5) is 10.8 Å². The van der Waals surface area contributed by atoms with E-state index in [0.717, 1.165) is 53.0 Å². The van der Waals surface area contributed by atoms with E-state index in [-0.39, 0.29) is 5.56 Å². The number of piperazine rings is 1. The molecule has 0 atom stereocenters. The number of anilines is 2. The van der Waals surface area contributed by atoms with Gasteiger partial charge in [-0.1, -0.05) is 11.3 Å². The predicted molar refractivity (Wildman–Crippen MR) is 100 cm³/mol. The molecule has 3 aromatic rings. The maximum absolute atomic E-state index is 11.8. The summed E-state index contributed by atoms with van der Waals surface area (Å²) in [4.78, 5) is 21.0. The first-order chi connectivity index (χ1) is 12.1. The lowest BCUT2D eigenvalue weighted by Gasteiger charge is -2.35. The quantitative estimate of drug-likeness (QED) is 0.711. The lowest BCUT2D eigenvalue weighted by atomic mass is 10.3. The monoisotopic (exact) mass is 357 g/mol. The van der Waals surface area contributed by atoms with Crippen LogP contribution in [-0.4, -0.2) is 48.1 Å². The second-order valence-electron chi connectivity index (χ2n) is 5.98. The van der Waals surface area contributed by atoms with Crippen molar-refractivity contribution in [3.63, 3.8) is 0 Å². The van der Waals surface area contributed by atoms with Gasteiger partial charge in [-0.2, -0.15) is 5.10 Å². The van der Waals surface area contributed by atoms with Gasteiger partial charge in [0.15, 0.2) is 5.13 Å². The van der Waals surface area contributed by atoms with Crippen LogP contribution in [0, 0.1) is 0 Å². The van der Waals surface area contributed by atoms with Crippen molar-refractivity contribution in [1.29, 1.82) is 0 Å². The van der Waals surface area contributed by atoms with Crippen molar-refractivity contribution in [3.8, 4) is 5.75 Å². The summed E-state index contributed by atoms with van der Waals surface area (Å²) in [5.74, 6) is 0.826. The molecule has 130 valence electrons. The number of nitrogens with zero attached hydrogens (tertiary/aromatic N) is 5. The highest BCUT2D eigenvalue weighted by Gasteiger charge is 2.20. The predicted octanol–water partition coefficient (Wildman–Crippen LogP) is 1.73. The summed E-state index contributed by atoms with van der Waals surface area (Å²) in [6.07, 6.45) is 1.75. The van der Waals surface area contributed by atoms with Crippen molar-refractivity contribution in [2.24, 2.45) is 7.05 Å². The second kappa shape index (κ2) is 6.36. The Kier molecular flexibility index (Phi) is 4.04. The molecule has 0 bridgehead atoms. The van der Waals surface area contributed by atoms with Crippen molar-refractivity contribution in [2.75, 3.05) is 43.1 Å².